The Morgan fingerprint density at radius 3 is 2.58 bits per heavy atom. The molecule has 0 aliphatic heterocycles. The van der Waals surface area contributed by atoms with E-state index in [2.05, 4.69) is 4.74 Å². The van der Waals surface area contributed by atoms with Gasteiger partial charge in [0.1, 0.15) is 0 Å². The minimum absolute atomic E-state index is 0.0652. The summed E-state index contributed by atoms with van der Waals surface area (Å²) in [5.41, 5.74) is -0.276. The maximum atomic E-state index is 11.4. The molecule has 5 heteroatoms. The van der Waals surface area contributed by atoms with Gasteiger partial charge in [0.05, 0.1) is 20.5 Å². The summed E-state index contributed by atoms with van der Waals surface area (Å²) in [7, 11) is 2.78. The van der Waals surface area contributed by atoms with Crippen LogP contribution in [0.4, 0.5) is 0 Å². The van der Waals surface area contributed by atoms with Crippen molar-refractivity contribution in [1.82, 2.24) is 0 Å². The Bertz CT molecular complexity index is 477. The molecule has 1 N–H and O–H groups in total. The van der Waals surface area contributed by atoms with Gasteiger partial charge in [0.15, 0.2) is 17.1 Å². The van der Waals surface area contributed by atoms with Gasteiger partial charge in [-0.1, -0.05) is 6.07 Å². The van der Waals surface area contributed by atoms with Crippen LogP contribution in [0.3, 0.4) is 0 Å². The Balaban J connectivity index is 2.75. The number of hydrogen-bond donors (Lipinski definition) is 1. The highest BCUT2D eigenvalue weighted by Gasteiger charge is 2.29. The van der Waals surface area contributed by atoms with Crippen molar-refractivity contribution in [3.8, 4) is 11.5 Å². The lowest BCUT2D eigenvalue weighted by molar-refractivity contribution is -0.159. The molecule has 1 aromatic carbocycles. The van der Waals surface area contributed by atoms with Crippen LogP contribution in [-0.4, -0.2) is 30.9 Å². The Kier molecular flexibility index (Phi) is 4.80. The maximum Gasteiger partial charge on any atom is 0.349 e. The number of ether oxygens (including phenoxy) is 3. The largest absolute Gasteiger partial charge is 0.504 e. The van der Waals surface area contributed by atoms with Gasteiger partial charge in [0, 0.05) is 0 Å². The number of phenolic OH excluding ortho intramolecular Hbond substituents is 1. The van der Waals surface area contributed by atoms with Crippen LogP contribution in [0.2, 0.25) is 0 Å². The van der Waals surface area contributed by atoms with Gasteiger partial charge in [-0.25, -0.2) is 4.79 Å². The minimum Gasteiger partial charge on any atom is -0.504 e. The predicted molar refractivity (Wildman–Crippen MR) is 70.9 cm³/mol. The summed E-state index contributed by atoms with van der Waals surface area (Å²) >= 11 is 0. The molecule has 0 heterocycles. The molecule has 0 aliphatic carbocycles. The average Bonchev–Trinajstić information content (AvgIpc) is 2.39. The van der Waals surface area contributed by atoms with Crippen molar-refractivity contribution >= 4 is 12.0 Å². The third-order valence-electron chi connectivity index (χ3n) is 2.50. The molecular formula is C14H18O5. The topological polar surface area (TPSA) is 65.0 Å². The zero-order valence-corrected chi connectivity index (χ0v) is 11.5. The SMILES string of the molecule is COC(=O)C(C)(C)OC=Cc1ccc(O)c(OC)c1. The van der Waals surface area contributed by atoms with E-state index in [-0.39, 0.29) is 5.75 Å². The lowest BCUT2D eigenvalue weighted by Crippen LogP contribution is -2.34. The lowest BCUT2D eigenvalue weighted by Gasteiger charge is -2.20. The van der Waals surface area contributed by atoms with Gasteiger partial charge < -0.3 is 19.3 Å². The number of esters is 1. The van der Waals surface area contributed by atoms with E-state index in [0.717, 1.165) is 5.56 Å². The van der Waals surface area contributed by atoms with E-state index < -0.39 is 11.6 Å². The molecule has 0 amide bonds. The number of carbonyl (C=O) groups excluding carboxylic acids is 1. The fourth-order valence-electron chi connectivity index (χ4n) is 1.37. The van der Waals surface area contributed by atoms with Crippen LogP contribution in [0, 0.1) is 0 Å². The second-order valence-electron chi connectivity index (χ2n) is 4.35. The normalized spacial score (nSPS) is 11.4. The van der Waals surface area contributed by atoms with Crippen molar-refractivity contribution in [2.24, 2.45) is 0 Å². The Morgan fingerprint density at radius 1 is 1.32 bits per heavy atom. The van der Waals surface area contributed by atoms with Crippen LogP contribution in [-0.2, 0) is 14.3 Å². The van der Waals surface area contributed by atoms with E-state index >= 15 is 0 Å². The molecule has 0 spiro atoms. The number of carbonyl (C=O) groups is 1. The molecule has 0 unspecified atom stereocenters. The molecule has 104 valence electrons. The smallest absolute Gasteiger partial charge is 0.349 e. The quantitative estimate of drug-likeness (QED) is 0.654. The van der Waals surface area contributed by atoms with E-state index in [4.69, 9.17) is 9.47 Å². The summed E-state index contributed by atoms with van der Waals surface area (Å²) < 4.78 is 14.9. The Labute approximate surface area is 112 Å². The molecule has 5 nitrogen and oxygen atoms in total. The van der Waals surface area contributed by atoms with Crippen LogP contribution in [0.25, 0.3) is 6.08 Å². The summed E-state index contributed by atoms with van der Waals surface area (Å²) in [4.78, 5) is 11.4. The third kappa shape index (κ3) is 3.91. The summed E-state index contributed by atoms with van der Waals surface area (Å²) in [5, 5.41) is 9.45. The van der Waals surface area contributed by atoms with Crippen LogP contribution in [0.15, 0.2) is 24.5 Å². The summed E-state index contributed by atoms with van der Waals surface area (Å²) in [6.07, 6.45) is 3.06. The van der Waals surface area contributed by atoms with Crippen molar-refractivity contribution in [1.29, 1.82) is 0 Å². The molecule has 0 aromatic heterocycles. The molecule has 0 bridgehead atoms. The third-order valence-corrected chi connectivity index (χ3v) is 2.50. The van der Waals surface area contributed by atoms with Gasteiger partial charge in [-0.3, -0.25) is 0 Å². The first-order valence-corrected chi connectivity index (χ1v) is 5.70. The van der Waals surface area contributed by atoms with E-state index in [1.54, 1.807) is 32.1 Å². The van der Waals surface area contributed by atoms with Crippen LogP contribution in [0.5, 0.6) is 11.5 Å². The molecule has 0 radical (unpaired) electrons. The molecule has 0 aliphatic rings. The van der Waals surface area contributed by atoms with Crippen LogP contribution in [0.1, 0.15) is 19.4 Å². The molecule has 0 atom stereocenters. The molecule has 1 aromatic rings. The van der Waals surface area contributed by atoms with Gasteiger partial charge in [-0.15, -0.1) is 0 Å². The van der Waals surface area contributed by atoms with Crippen molar-refractivity contribution in [2.75, 3.05) is 14.2 Å². The van der Waals surface area contributed by atoms with Crippen molar-refractivity contribution < 1.29 is 24.1 Å². The van der Waals surface area contributed by atoms with Gasteiger partial charge in [-0.05, 0) is 37.6 Å². The predicted octanol–water partition coefficient (Wildman–Crippen LogP) is 2.34. The number of rotatable bonds is 5. The number of methoxy groups -OCH3 is 2. The fourth-order valence-corrected chi connectivity index (χ4v) is 1.37. The second kappa shape index (κ2) is 6.13. The molecule has 19 heavy (non-hydrogen) atoms. The lowest BCUT2D eigenvalue weighted by atomic mass is 10.1. The highest BCUT2D eigenvalue weighted by atomic mass is 16.6. The first-order valence-electron chi connectivity index (χ1n) is 5.70. The first-order chi connectivity index (χ1) is 8.90. The van der Waals surface area contributed by atoms with Crippen LogP contribution >= 0.6 is 0 Å². The number of aromatic hydroxyl groups is 1. The maximum absolute atomic E-state index is 11.4. The summed E-state index contributed by atoms with van der Waals surface area (Å²) in [6.45, 7) is 3.22. The number of phenols is 1. The Hall–Kier alpha value is -2.17. The van der Waals surface area contributed by atoms with E-state index in [1.807, 2.05) is 0 Å². The van der Waals surface area contributed by atoms with Crippen molar-refractivity contribution in [3.05, 3.63) is 30.0 Å². The highest BCUT2D eigenvalue weighted by Crippen LogP contribution is 2.26. The van der Waals surface area contributed by atoms with Gasteiger partial charge >= 0.3 is 5.97 Å². The molecule has 0 saturated carbocycles. The zero-order chi connectivity index (χ0) is 14.5. The Morgan fingerprint density at radius 2 is 2.00 bits per heavy atom. The molecule has 0 fully saturated rings. The highest BCUT2D eigenvalue weighted by molar-refractivity contribution is 5.78. The van der Waals surface area contributed by atoms with E-state index in [0.29, 0.717) is 5.75 Å². The summed E-state index contributed by atoms with van der Waals surface area (Å²) in [6, 6.07) is 4.87. The van der Waals surface area contributed by atoms with Gasteiger partial charge in [0.2, 0.25) is 0 Å². The van der Waals surface area contributed by atoms with E-state index in [9.17, 15) is 9.90 Å². The number of hydrogen-bond acceptors (Lipinski definition) is 5. The molecule has 0 saturated heterocycles. The van der Waals surface area contributed by atoms with E-state index in [1.165, 1.54) is 26.5 Å². The zero-order valence-electron chi connectivity index (χ0n) is 11.5. The average molecular weight is 266 g/mol. The second-order valence-corrected chi connectivity index (χ2v) is 4.35. The van der Waals surface area contributed by atoms with Crippen molar-refractivity contribution in [2.45, 2.75) is 19.4 Å². The number of benzene rings is 1. The minimum atomic E-state index is -1.05. The first kappa shape index (κ1) is 14.9. The standard InChI is InChI=1S/C14H18O5/c1-14(2,13(16)18-4)19-8-7-10-5-6-11(15)12(9-10)17-3/h5-9,15H,1-4H3. The van der Waals surface area contributed by atoms with Gasteiger partial charge in [0.25, 0.3) is 0 Å². The van der Waals surface area contributed by atoms with Crippen LogP contribution < -0.4 is 4.74 Å². The summed E-state index contributed by atoms with van der Waals surface area (Å²) in [5.74, 6) is -0.0229. The van der Waals surface area contributed by atoms with Crippen molar-refractivity contribution in [3.63, 3.8) is 0 Å². The molecular weight excluding hydrogens is 248 g/mol. The fraction of sp³-hybridized carbons (Fsp3) is 0.357. The van der Waals surface area contributed by atoms with Gasteiger partial charge in [-0.2, -0.15) is 0 Å². The molecule has 1 rings (SSSR count). The monoisotopic (exact) mass is 266 g/mol.